The van der Waals surface area contributed by atoms with Gasteiger partial charge in [0.2, 0.25) is 0 Å². The number of hydrogen-bond acceptors (Lipinski definition) is 9. The van der Waals surface area contributed by atoms with Crippen LogP contribution in [0.2, 0.25) is 0 Å². The molecule has 40 heavy (non-hydrogen) atoms. The molecule has 10 nitrogen and oxygen atoms in total. The third-order valence-corrected chi connectivity index (χ3v) is 7.40. The Kier molecular flexibility index (Phi) is 8.73. The Labute approximate surface area is 235 Å². The number of tetrazole rings is 1. The van der Waals surface area contributed by atoms with Crippen molar-refractivity contribution in [1.82, 2.24) is 35.3 Å². The van der Waals surface area contributed by atoms with Crippen molar-refractivity contribution in [2.75, 3.05) is 26.9 Å². The molecule has 210 valence electrons. The summed E-state index contributed by atoms with van der Waals surface area (Å²) in [5.41, 5.74) is 5.41. The maximum absolute atomic E-state index is 12.3. The highest BCUT2D eigenvalue weighted by Crippen LogP contribution is 2.33. The van der Waals surface area contributed by atoms with Gasteiger partial charge in [-0.05, 0) is 46.4 Å². The van der Waals surface area contributed by atoms with Gasteiger partial charge in [0, 0.05) is 24.9 Å². The van der Waals surface area contributed by atoms with E-state index in [4.69, 9.17) is 9.73 Å². The van der Waals surface area contributed by atoms with E-state index in [9.17, 15) is 4.79 Å². The molecule has 2 aliphatic rings. The first-order chi connectivity index (χ1) is 19.6. The van der Waals surface area contributed by atoms with Gasteiger partial charge in [-0.2, -0.15) is 0 Å². The van der Waals surface area contributed by atoms with Crippen LogP contribution in [0.3, 0.4) is 0 Å². The van der Waals surface area contributed by atoms with Crippen LogP contribution in [0, 0.1) is 0 Å². The number of H-pyrrole nitrogens is 1. The molecule has 2 aromatic carbocycles. The number of hydrogen-bond donors (Lipinski definition) is 1. The van der Waals surface area contributed by atoms with Crippen molar-refractivity contribution in [2.45, 2.75) is 58.7 Å². The highest BCUT2D eigenvalue weighted by Gasteiger charge is 2.37. The molecule has 3 heterocycles. The number of aromatic nitrogens is 4. The average molecular weight is 543 g/mol. The summed E-state index contributed by atoms with van der Waals surface area (Å²) in [4.78, 5) is 24.2. The van der Waals surface area contributed by atoms with Gasteiger partial charge in [0.15, 0.2) is 11.7 Å². The molecule has 1 unspecified atom stereocenters. The summed E-state index contributed by atoms with van der Waals surface area (Å²) in [5.74, 6) is 1.29. The highest BCUT2D eigenvalue weighted by atomic mass is 16.5. The third kappa shape index (κ3) is 6.00. The summed E-state index contributed by atoms with van der Waals surface area (Å²) in [5, 5.41) is 14.5. The van der Waals surface area contributed by atoms with Crippen molar-refractivity contribution in [3.63, 3.8) is 0 Å². The van der Waals surface area contributed by atoms with E-state index in [1.807, 2.05) is 18.2 Å². The molecule has 0 bridgehead atoms. The summed E-state index contributed by atoms with van der Waals surface area (Å²) in [6.07, 6.45) is 7.72. The fourth-order valence-corrected chi connectivity index (χ4v) is 5.40. The Morgan fingerprint density at radius 2 is 1.85 bits per heavy atom. The predicted molar refractivity (Wildman–Crippen MR) is 155 cm³/mol. The van der Waals surface area contributed by atoms with E-state index in [1.165, 1.54) is 19.1 Å². The van der Waals surface area contributed by atoms with Crippen molar-refractivity contribution >= 4 is 11.8 Å². The number of aromatic amines is 1. The van der Waals surface area contributed by atoms with E-state index in [-0.39, 0.29) is 18.7 Å². The number of aliphatic imine (C=N–C) groups is 1. The zero-order chi connectivity index (χ0) is 27.9. The number of unbranched alkanes of at least 4 members (excludes halogenated alkanes) is 2. The molecule has 0 saturated heterocycles. The Morgan fingerprint density at radius 1 is 1.05 bits per heavy atom. The second-order valence-electron chi connectivity index (χ2n) is 10.3. The molecule has 1 atom stereocenters. The maximum atomic E-state index is 12.3. The zero-order valence-corrected chi connectivity index (χ0v) is 23.6. The quantitative estimate of drug-likeness (QED) is 0.261. The van der Waals surface area contributed by atoms with E-state index < -0.39 is 0 Å². The molecule has 0 aliphatic carbocycles. The van der Waals surface area contributed by atoms with Crippen LogP contribution in [0.5, 0.6) is 0 Å². The molecule has 2 aliphatic heterocycles. The van der Waals surface area contributed by atoms with Gasteiger partial charge in [-0.1, -0.05) is 75.2 Å². The Balaban J connectivity index is 1.41. The molecule has 0 amide bonds. The number of nitrogens with one attached hydrogen (secondary N) is 1. The zero-order valence-electron chi connectivity index (χ0n) is 23.6. The van der Waals surface area contributed by atoms with Gasteiger partial charge in [0.05, 0.1) is 19.5 Å². The maximum Gasteiger partial charge on any atom is 0.325 e. The molecule has 0 saturated carbocycles. The number of carbonyl (C=O) groups is 1. The van der Waals surface area contributed by atoms with Gasteiger partial charge in [-0.15, -0.1) is 5.10 Å². The molecule has 1 aromatic heterocycles. The van der Waals surface area contributed by atoms with Crippen molar-refractivity contribution < 1.29 is 9.53 Å². The summed E-state index contributed by atoms with van der Waals surface area (Å²) in [6, 6.07) is 16.8. The van der Waals surface area contributed by atoms with Crippen molar-refractivity contribution in [3.8, 4) is 22.5 Å². The number of methoxy groups -OCH3 is 1. The van der Waals surface area contributed by atoms with Gasteiger partial charge in [-0.3, -0.25) is 4.79 Å². The second kappa shape index (κ2) is 12.8. The Hall–Kier alpha value is -4.21. The first-order valence-electron chi connectivity index (χ1n) is 14.2. The summed E-state index contributed by atoms with van der Waals surface area (Å²) in [6.45, 7) is 6.87. The lowest BCUT2D eigenvalue weighted by atomic mass is 9.98. The van der Waals surface area contributed by atoms with Crippen molar-refractivity contribution in [2.24, 2.45) is 4.99 Å². The number of benzene rings is 2. The van der Waals surface area contributed by atoms with E-state index in [0.29, 0.717) is 12.5 Å². The van der Waals surface area contributed by atoms with Gasteiger partial charge in [0.25, 0.3) is 0 Å². The molecular formula is C30H38N8O2. The molecular weight excluding hydrogens is 504 g/mol. The Morgan fingerprint density at radius 3 is 2.55 bits per heavy atom. The topological polar surface area (TPSA) is 103 Å². The summed E-state index contributed by atoms with van der Waals surface area (Å²) >= 11 is 0. The van der Waals surface area contributed by atoms with E-state index >= 15 is 0 Å². The van der Waals surface area contributed by atoms with E-state index in [0.717, 1.165) is 67.0 Å². The van der Waals surface area contributed by atoms with Crippen LogP contribution in [-0.2, 0) is 16.1 Å². The van der Waals surface area contributed by atoms with Crippen molar-refractivity contribution in [3.05, 3.63) is 66.0 Å². The van der Waals surface area contributed by atoms with Crippen LogP contribution in [0.25, 0.3) is 22.5 Å². The lowest BCUT2D eigenvalue weighted by Gasteiger charge is -2.37. The monoisotopic (exact) mass is 542 g/mol. The first kappa shape index (κ1) is 27.4. The van der Waals surface area contributed by atoms with Crippen LogP contribution in [0.1, 0.15) is 51.5 Å². The highest BCUT2D eigenvalue weighted by molar-refractivity contribution is 6.01. The smallest absolute Gasteiger partial charge is 0.325 e. The predicted octanol–water partition coefficient (Wildman–Crippen LogP) is 4.65. The number of rotatable bonds is 12. The lowest BCUT2D eigenvalue weighted by Crippen LogP contribution is -2.48. The third-order valence-electron chi connectivity index (χ3n) is 7.40. The van der Waals surface area contributed by atoms with Gasteiger partial charge in [-0.25, -0.2) is 10.1 Å². The average Bonchev–Trinajstić information content (AvgIpc) is 3.63. The van der Waals surface area contributed by atoms with Crippen LogP contribution in [0.4, 0.5) is 0 Å². The largest absolute Gasteiger partial charge is 0.468 e. The number of ether oxygens (including phenoxy) is 1. The van der Waals surface area contributed by atoms with E-state index in [2.05, 4.69) is 85.7 Å². The van der Waals surface area contributed by atoms with Crippen LogP contribution in [-0.4, -0.2) is 80.2 Å². The molecule has 10 heteroatoms. The minimum absolute atomic E-state index is 0.0360. The number of nitrogens with zero attached hydrogens (tertiary/aromatic N) is 7. The molecule has 3 aromatic rings. The van der Waals surface area contributed by atoms with Crippen LogP contribution >= 0.6 is 0 Å². The fourth-order valence-electron chi connectivity index (χ4n) is 5.40. The first-order valence-corrected chi connectivity index (χ1v) is 14.2. The minimum Gasteiger partial charge on any atom is -0.468 e. The van der Waals surface area contributed by atoms with Crippen LogP contribution in [0.15, 0.2) is 65.4 Å². The minimum atomic E-state index is -0.252. The number of esters is 1. The molecule has 1 N–H and O–H groups in total. The number of amidine groups is 1. The summed E-state index contributed by atoms with van der Waals surface area (Å²) in [7, 11) is 1.44. The molecule has 0 fully saturated rings. The molecule has 0 radical (unpaired) electrons. The van der Waals surface area contributed by atoms with E-state index in [1.54, 1.807) is 0 Å². The SMILES string of the molecule is CCCCCC1N=C2C(=CN(CCC)CN2CC(=O)OC)N1Cc1ccc(-c2ccccc2-c2nnn[nH]2)cc1. The Bertz CT molecular complexity index is 1340. The molecule has 5 rings (SSSR count). The van der Waals surface area contributed by atoms with Gasteiger partial charge >= 0.3 is 5.97 Å². The molecule has 0 spiro atoms. The fraction of sp³-hybridized carbons (Fsp3) is 0.433. The van der Waals surface area contributed by atoms with Crippen molar-refractivity contribution in [1.29, 1.82) is 0 Å². The summed E-state index contributed by atoms with van der Waals surface area (Å²) < 4.78 is 5.01. The second-order valence-corrected chi connectivity index (χ2v) is 10.3. The lowest BCUT2D eigenvalue weighted by molar-refractivity contribution is -0.141. The standard InChI is InChI=1S/C30H38N8O2/c1-4-6-7-12-27-31-30-26(19-36(17-5-2)21-37(30)20-28(39)40-3)38(27)18-22-13-15-23(16-14-22)24-10-8-9-11-25(24)29-32-34-35-33-29/h8-11,13-16,19,27H,4-7,12,17-18,20-21H2,1-3H3,(H,32,33,34,35). The van der Waals surface area contributed by atoms with Gasteiger partial charge < -0.3 is 19.4 Å². The normalized spacial score (nSPS) is 16.6. The van der Waals surface area contributed by atoms with Gasteiger partial charge in [0.1, 0.15) is 12.7 Å². The van der Waals surface area contributed by atoms with Crippen LogP contribution < -0.4 is 0 Å². The number of fused-ring (bicyclic) bond motifs is 1. The number of carbonyl (C=O) groups excluding carboxylic acids is 1.